The quantitative estimate of drug-likeness (QED) is 0.470. The lowest BCUT2D eigenvalue weighted by molar-refractivity contribution is -0.127. The van der Waals surface area contributed by atoms with Crippen molar-refractivity contribution in [1.29, 1.82) is 0 Å². The minimum absolute atomic E-state index is 0.0951. The first-order valence-electron chi connectivity index (χ1n) is 5.13. The molecule has 0 radical (unpaired) electrons. The Kier molecular flexibility index (Phi) is 4.46. The van der Waals surface area contributed by atoms with Gasteiger partial charge in [-0.2, -0.15) is 0 Å². The van der Waals surface area contributed by atoms with Crippen molar-refractivity contribution < 1.29 is 9.59 Å². The summed E-state index contributed by atoms with van der Waals surface area (Å²) in [7, 11) is 4.01. The fourth-order valence-corrected chi connectivity index (χ4v) is 1.71. The first-order chi connectivity index (χ1) is 7.13. The van der Waals surface area contributed by atoms with Gasteiger partial charge in [0.05, 0.1) is 12.5 Å². The van der Waals surface area contributed by atoms with E-state index in [0.29, 0.717) is 13.0 Å². The second kappa shape index (κ2) is 5.63. The molecular weight excluding hydrogens is 194 g/mol. The predicted octanol–water partition coefficient (Wildman–Crippen LogP) is -0.125. The van der Waals surface area contributed by atoms with E-state index in [0.717, 1.165) is 19.5 Å². The van der Waals surface area contributed by atoms with Gasteiger partial charge in [0.1, 0.15) is 0 Å². The lowest BCUT2D eigenvalue weighted by Crippen LogP contribution is -2.29. The van der Waals surface area contributed by atoms with Gasteiger partial charge in [0.2, 0.25) is 12.0 Å². The number of aliphatic imine (C=N–C) groups is 1. The Morgan fingerprint density at radius 2 is 2.33 bits per heavy atom. The number of amides is 1. The third-order valence-electron chi connectivity index (χ3n) is 2.46. The van der Waals surface area contributed by atoms with Crippen molar-refractivity contribution in [1.82, 2.24) is 9.80 Å². The molecule has 0 N–H and O–H groups in total. The molecule has 0 bridgehead atoms. The van der Waals surface area contributed by atoms with Gasteiger partial charge in [-0.15, -0.1) is 0 Å². The zero-order valence-corrected chi connectivity index (χ0v) is 9.27. The summed E-state index contributed by atoms with van der Waals surface area (Å²) in [6.07, 6.45) is 2.83. The summed E-state index contributed by atoms with van der Waals surface area (Å²) < 4.78 is 0. The average molecular weight is 211 g/mol. The van der Waals surface area contributed by atoms with Crippen LogP contribution in [-0.4, -0.2) is 61.6 Å². The van der Waals surface area contributed by atoms with Crippen molar-refractivity contribution >= 4 is 12.0 Å². The van der Waals surface area contributed by atoms with Gasteiger partial charge >= 0.3 is 0 Å². The minimum Gasteiger partial charge on any atom is -0.340 e. The van der Waals surface area contributed by atoms with Gasteiger partial charge in [0.15, 0.2) is 0 Å². The van der Waals surface area contributed by atoms with Crippen LogP contribution in [0.5, 0.6) is 0 Å². The largest absolute Gasteiger partial charge is 0.340 e. The molecule has 0 aliphatic carbocycles. The molecule has 5 nitrogen and oxygen atoms in total. The van der Waals surface area contributed by atoms with Crippen LogP contribution < -0.4 is 0 Å². The van der Waals surface area contributed by atoms with E-state index in [1.165, 1.54) is 6.08 Å². The van der Waals surface area contributed by atoms with E-state index in [9.17, 15) is 9.59 Å². The molecule has 1 saturated heterocycles. The Hall–Kier alpha value is -1.19. The maximum atomic E-state index is 11.5. The fourth-order valence-electron chi connectivity index (χ4n) is 1.71. The molecule has 0 spiro atoms. The summed E-state index contributed by atoms with van der Waals surface area (Å²) in [4.78, 5) is 29.0. The Labute approximate surface area is 89.8 Å². The van der Waals surface area contributed by atoms with Crippen LogP contribution in [0.3, 0.4) is 0 Å². The van der Waals surface area contributed by atoms with Gasteiger partial charge < -0.3 is 9.80 Å². The smallest absolute Gasteiger partial charge is 0.235 e. The molecule has 1 aliphatic rings. The first kappa shape index (κ1) is 11.9. The van der Waals surface area contributed by atoms with Crippen LogP contribution in [0, 0.1) is 0 Å². The Morgan fingerprint density at radius 3 is 2.93 bits per heavy atom. The maximum absolute atomic E-state index is 11.5. The lowest BCUT2D eigenvalue weighted by atomic mass is 10.3. The summed E-state index contributed by atoms with van der Waals surface area (Å²) in [5.74, 6) is 0.0951. The monoisotopic (exact) mass is 211 g/mol. The second-order valence-electron chi connectivity index (χ2n) is 4.07. The molecule has 1 heterocycles. The number of nitrogens with zero attached hydrogens (tertiary/aromatic N) is 3. The van der Waals surface area contributed by atoms with E-state index in [1.807, 2.05) is 14.1 Å². The molecule has 0 aromatic rings. The second-order valence-corrected chi connectivity index (χ2v) is 4.07. The molecule has 5 heteroatoms. The van der Waals surface area contributed by atoms with E-state index in [4.69, 9.17) is 0 Å². The third-order valence-corrected chi connectivity index (χ3v) is 2.46. The van der Waals surface area contributed by atoms with E-state index in [1.54, 1.807) is 4.90 Å². The van der Waals surface area contributed by atoms with Crippen LogP contribution in [0.25, 0.3) is 0 Å². The van der Waals surface area contributed by atoms with Crippen molar-refractivity contribution in [3.05, 3.63) is 0 Å². The SMILES string of the molecule is CN(C)CCCN1CC(N=C=O)CC1=O. The van der Waals surface area contributed by atoms with E-state index >= 15 is 0 Å². The molecule has 0 saturated carbocycles. The van der Waals surface area contributed by atoms with Crippen molar-refractivity contribution in [3.63, 3.8) is 0 Å². The van der Waals surface area contributed by atoms with Crippen molar-refractivity contribution in [2.24, 2.45) is 4.99 Å². The Bertz CT molecular complexity index is 272. The van der Waals surface area contributed by atoms with E-state index in [-0.39, 0.29) is 11.9 Å². The number of hydrogen-bond acceptors (Lipinski definition) is 4. The number of likely N-dealkylation sites (tertiary alicyclic amines) is 1. The van der Waals surface area contributed by atoms with E-state index in [2.05, 4.69) is 9.89 Å². The number of carbonyl (C=O) groups excluding carboxylic acids is 2. The molecule has 84 valence electrons. The zero-order valence-electron chi connectivity index (χ0n) is 9.27. The van der Waals surface area contributed by atoms with Crippen molar-refractivity contribution in [2.45, 2.75) is 18.9 Å². The highest BCUT2D eigenvalue weighted by atomic mass is 16.2. The number of rotatable bonds is 5. The average Bonchev–Trinajstić information content (AvgIpc) is 2.47. The van der Waals surface area contributed by atoms with Gasteiger partial charge in [-0.25, -0.2) is 9.79 Å². The highest BCUT2D eigenvalue weighted by Crippen LogP contribution is 2.13. The third kappa shape index (κ3) is 3.81. The normalized spacial score (nSPS) is 20.9. The molecule has 1 fully saturated rings. The van der Waals surface area contributed by atoms with Gasteiger partial charge in [-0.05, 0) is 27.1 Å². The van der Waals surface area contributed by atoms with Crippen molar-refractivity contribution in [3.8, 4) is 0 Å². The molecule has 0 aromatic carbocycles. The highest BCUT2D eigenvalue weighted by Gasteiger charge is 2.28. The lowest BCUT2D eigenvalue weighted by Gasteiger charge is -2.17. The Morgan fingerprint density at radius 1 is 1.60 bits per heavy atom. The topological polar surface area (TPSA) is 53.0 Å². The van der Waals surface area contributed by atoms with Crippen LogP contribution in [0.1, 0.15) is 12.8 Å². The minimum atomic E-state index is -0.172. The molecule has 1 amide bonds. The molecule has 1 aliphatic heterocycles. The number of carbonyl (C=O) groups is 1. The maximum Gasteiger partial charge on any atom is 0.235 e. The predicted molar refractivity (Wildman–Crippen MR) is 56.3 cm³/mol. The molecule has 1 rings (SSSR count). The standard InChI is InChI=1S/C10H17N3O2/c1-12(2)4-3-5-13-7-9(11-8-14)6-10(13)15/h9H,3-7H2,1-2H3. The van der Waals surface area contributed by atoms with Gasteiger partial charge in [0.25, 0.3) is 0 Å². The summed E-state index contributed by atoms with van der Waals surface area (Å²) in [5, 5.41) is 0. The van der Waals surface area contributed by atoms with Crippen LogP contribution >= 0.6 is 0 Å². The molecule has 15 heavy (non-hydrogen) atoms. The summed E-state index contributed by atoms with van der Waals surface area (Å²) >= 11 is 0. The molecular formula is C10H17N3O2. The number of hydrogen-bond donors (Lipinski definition) is 0. The summed E-state index contributed by atoms with van der Waals surface area (Å²) in [6.45, 7) is 2.29. The van der Waals surface area contributed by atoms with Crippen LogP contribution in [0.4, 0.5) is 0 Å². The van der Waals surface area contributed by atoms with Crippen LogP contribution in [0.15, 0.2) is 4.99 Å². The van der Waals surface area contributed by atoms with Gasteiger partial charge in [-0.1, -0.05) is 0 Å². The fraction of sp³-hybridized carbons (Fsp3) is 0.800. The van der Waals surface area contributed by atoms with Gasteiger partial charge in [-0.3, -0.25) is 4.79 Å². The zero-order chi connectivity index (χ0) is 11.3. The van der Waals surface area contributed by atoms with Gasteiger partial charge in [0, 0.05) is 13.1 Å². The molecule has 0 aromatic heterocycles. The molecule has 1 atom stereocenters. The van der Waals surface area contributed by atoms with Crippen LogP contribution in [0.2, 0.25) is 0 Å². The van der Waals surface area contributed by atoms with Crippen LogP contribution in [-0.2, 0) is 9.59 Å². The Balaban J connectivity index is 2.31. The highest BCUT2D eigenvalue weighted by molar-refractivity contribution is 5.79. The summed E-state index contributed by atoms with van der Waals surface area (Å²) in [5.41, 5.74) is 0. The first-order valence-corrected chi connectivity index (χ1v) is 5.13. The van der Waals surface area contributed by atoms with E-state index < -0.39 is 0 Å². The molecule has 1 unspecified atom stereocenters. The number of isocyanates is 1. The van der Waals surface area contributed by atoms with Crippen molar-refractivity contribution in [2.75, 3.05) is 33.7 Å². The summed E-state index contributed by atoms with van der Waals surface area (Å²) in [6, 6.07) is -0.172.